The summed E-state index contributed by atoms with van der Waals surface area (Å²) in [6.45, 7) is 4.52. The Hall–Kier alpha value is -2.44. The zero-order chi connectivity index (χ0) is 18.0. The summed E-state index contributed by atoms with van der Waals surface area (Å²) in [4.78, 5) is 4.19. The third kappa shape index (κ3) is 3.65. The Kier molecular flexibility index (Phi) is 4.74. The van der Waals surface area contributed by atoms with Gasteiger partial charge in [-0.15, -0.1) is 10.2 Å². The summed E-state index contributed by atoms with van der Waals surface area (Å²) in [7, 11) is 1.67. The Morgan fingerprint density at radius 1 is 1.20 bits per heavy atom. The number of ether oxygens (including phenoxy) is 1. The molecule has 2 N–H and O–H groups in total. The second kappa shape index (κ2) is 6.82. The molecule has 3 rings (SSSR count). The van der Waals surface area contributed by atoms with Gasteiger partial charge in [0.15, 0.2) is 5.82 Å². The summed E-state index contributed by atoms with van der Waals surface area (Å²) in [6.07, 6.45) is 3.41. The molecule has 130 valence electrons. The monoisotopic (exact) mass is 358 g/mol. The summed E-state index contributed by atoms with van der Waals surface area (Å²) >= 11 is 5.92. The van der Waals surface area contributed by atoms with E-state index in [1.54, 1.807) is 31.6 Å². The molecular weight excluding hydrogens is 340 g/mol. The van der Waals surface area contributed by atoms with Crippen molar-refractivity contribution in [3.8, 4) is 17.0 Å². The van der Waals surface area contributed by atoms with Crippen molar-refractivity contribution in [1.29, 1.82) is 0 Å². The number of aromatic hydroxyl groups is 1. The fourth-order valence-corrected chi connectivity index (χ4v) is 2.57. The summed E-state index contributed by atoms with van der Waals surface area (Å²) in [6, 6.07) is 6.76. The van der Waals surface area contributed by atoms with Crippen molar-refractivity contribution >= 4 is 28.2 Å². The molecule has 0 aliphatic rings. The van der Waals surface area contributed by atoms with Crippen molar-refractivity contribution in [3.63, 3.8) is 0 Å². The molecule has 0 aliphatic carbocycles. The van der Waals surface area contributed by atoms with E-state index in [0.717, 1.165) is 10.8 Å². The molecule has 2 aromatic heterocycles. The van der Waals surface area contributed by atoms with Gasteiger partial charge in [0.2, 0.25) is 0 Å². The Labute approximate surface area is 150 Å². The van der Waals surface area contributed by atoms with Crippen LogP contribution in [0.25, 0.3) is 22.0 Å². The van der Waals surface area contributed by atoms with Crippen molar-refractivity contribution in [1.82, 2.24) is 15.2 Å². The molecule has 7 heteroatoms. The number of phenolic OH excluding ortho intramolecular Hbond substituents is 1. The van der Waals surface area contributed by atoms with Gasteiger partial charge in [0.05, 0.1) is 5.60 Å². The van der Waals surface area contributed by atoms with Gasteiger partial charge in [-0.05, 0) is 38.1 Å². The maximum Gasteiger partial charge on any atom is 0.158 e. The molecule has 0 atom stereocenters. The second-order valence-electron chi connectivity index (χ2n) is 6.30. The summed E-state index contributed by atoms with van der Waals surface area (Å²) in [5, 5.41) is 24.2. The van der Waals surface area contributed by atoms with Crippen LogP contribution in [0.1, 0.15) is 13.8 Å². The first-order valence-corrected chi connectivity index (χ1v) is 8.17. The number of rotatable bonds is 5. The third-order valence-corrected chi connectivity index (χ3v) is 4.27. The first kappa shape index (κ1) is 17.4. The van der Waals surface area contributed by atoms with E-state index < -0.39 is 0 Å². The van der Waals surface area contributed by atoms with Gasteiger partial charge in [-0.25, -0.2) is 0 Å². The summed E-state index contributed by atoms with van der Waals surface area (Å²) in [5.74, 6) is 0.673. The molecule has 6 nitrogen and oxygen atoms in total. The molecule has 0 spiro atoms. The topological polar surface area (TPSA) is 80.2 Å². The molecule has 0 saturated carbocycles. The number of phenols is 1. The number of halogens is 1. The first-order chi connectivity index (χ1) is 11.9. The average molecular weight is 359 g/mol. The number of pyridine rings is 1. The van der Waals surface area contributed by atoms with E-state index in [2.05, 4.69) is 20.5 Å². The van der Waals surface area contributed by atoms with Gasteiger partial charge in [0, 0.05) is 47.4 Å². The van der Waals surface area contributed by atoms with E-state index in [0.29, 0.717) is 28.6 Å². The lowest BCUT2D eigenvalue weighted by Crippen LogP contribution is -2.32. The molecule has 0 unspecified atom stereocenters. The number of nitrogens with zero attached hydrogens (tertiary/aromatic N) is 3. The Balaban J connectivity index is 2.07. The Bertz CT molecular complexity index is 915. The van der Waals surface area contributed by atoms with Crippen LogP contribution in [0.15, 0.2) is 36.7 Å². The molecular formula is C18H19ClN4O2. The number of benzene rings is 1. The van der Waals surface area contributed by atoms with Crippen LogP contribution in [0.3, 0.4) is 0 Å². The van der Waals surface area contributed by atoms with Gasteiger partial charge >= 0.3 is 0 Å². The van der Waals surface area contributed by atoms with Crippen LogP contribution >= 0.6 is 11.6 Å². The highest BCUT2D eigenvalue weighted by Crippen LogP contribution is 2.35. The molecule has 0 aliphatic heterocycles. The molecule has 0 fully saturated rings. The van der Waals surface area contributed by atoms with Crippen LogP contribution in [-0.4, -0.2) is 39.5 Å². The number of methoxy groups -OCH3 is 1. The van der Waals surface area contributed by atoms with E-state index in [9.17, 15) is 5.11 Å². The number of hydrogen-bond donors (Lipinski definition) is 2. The van der Waals surface area contributed by atoms with Gasteiger partial charge in [-0.3, -0.25) is 4.98 Å². The number of anilines is 1. The molecule has 0 bridgehead atoms. The lowest BCUT2D eigenvalue weighted by molar-refractivity contribution is 0.0343. The number of hydrogen-bond acceptors (Lipinski definition) is 6. The number of nitrogens with one attached hydrogen (secondary N) is 1. The van der Waals surface area contributed by atoms with Crippen LogP contribution in [0.5, 0.6) is 5.75 Å². The van der Waals surface area contributed by atoms with Crippen molar-refractivity contribution in [2.45, 2.75) is 19.4 Å². The predicted octanol–water partition coefficient (Wildman–Crippen LogP) is 3.89. The maximum atomic E-state index is 10.2. The summed E-state index contributed by atoms with van der Waals surface area (Å²) in [5.41, 5.74) is 0.795. The van der Waals surface area contributed by atoms with Crippen molar-refractivity contribution in [2.75, 3.05) is 19.0 Å². The smallest absolute Gasteiger partial charge is 0.158 e. The first-order valence-electron chi connectivity index (χ1n) is 7.79. The average Bonchev–Trinajstić information content (AvgIpc) is 2.60. The second-order valence-corrected chi connectivity index (χ2v) is 6.73. The standard InChI is InChI=1S/C18H19ClN4O2/c1-18(2,25-3)10-21-17-14-9-20-7-6-12(14)16(22-23-17)13-5-4-11(19)8-15(13)24/h4-9,24H,10H2,1-3H3,(H,21,23). The quantitative estimate of drug-likeness (QED) is 0.720. The fourth-order valence-electron chi connectivity index (χ4n) is 2.40. The minimum absolute atomic E-state index is 0.0566. The molecule has 0 amide bonds. The zero-order valence-electron chi connectivity index (χ0n) is 14.2. The van der Waals surface area contributed by atoms with Crippen molar-refractivity contribution < 1.29 is 9.84 Å². The Morgan fingerprint density at radius 2 is 2.00 bits per heavy atom. The molecule has 25 heavy (non-hydrogen) atoms. The van der Waals surface area contributed by atoms with Gasteiger partial charge in [0.25, 0.3) is 0 Å². The molecule has 0 saturated heterocycles. The van der Waals surface area contributed by atoms with Gasteiger partial charge in [-0.1, -0.05) is 11.6 Å². The van der Waals surface area contributed by atoms with E-state index in [1.807, 2.05) is 19.9 Å². The largest absolute Gasteiger partial charge is 0.507 e. The third-order valence-electron chi connectivity index (χ3n) is 4.03. The van der Waals surface area contributed by atoms with Gasteiger partial charge in [0.1, 0.15) is 11.4 Å². The lowest BCUT2D eigenvalue weighted by Gasteiger charge is -2.23. The van der Waals surface area contributed by atoms with Crippen LogP contribution in [-0.2, 0) is 4.74 Å². The minimum Gasteiger partial charge on any atom is -0.507 e. The van der Waals surface area contributed by atoms with Crippen LogP contribution < -0.4 is 5.32 Å². The zero-order valence-corrected chi connectivity index (χ0v) is 15.0. The van der Waals surface area contributed by atoms with Crippen LogP contribution in [0.4, 0.5) is 5.82 Å². The van der Waals surface area contributed by atoms with Crippen LogP contribution in [0, 0.1) is 0 Å². The van der Waals surface area contributed by atoms with Crippen molar-refractivity contribution in [3.05, 3.63) is 41.7 Å². The molecule has 2 heterocycles. The van der Waals surface area contributed by atoms with E-state index in [4.69, 9.17) is 16.3 Å². The molecule has 1 aromatic carbocycles. The maximum absolute atomic E-state index is 10.2. The summed E-state index contributed by atoms with van der Waals surface area (Å²) < 4.78 is 5.42. The highest BCUT2D eigenvalue weighted by Gasteiger charge is 2.18. The van der Waals surface area contributed by atoms with E-state index in [-0.39, 0.29) is 11.4 Å². The predicted molar refractivity (Wildman–Crippen MR) is 99.0 cm³/mol. The highest BCUT2D eigenvalue weighted by atomic mass is 35.5. The molecule has 3 aromatic rings. The number of fused-ring (bicyclic) bond motifs is 1. The SMILES string of the molecule is COC(C)(C)CNc1nnc(-c2ccc(Cl)cc2O)c2ccncc12. The van der Waals surface area contributed by atoms with Gasteiger partial charge in [-0.2, -0.15) is 0 Å². The van der Waals surface area contributed by atoms with Crippen LogP contribution in [0.2, 0.25) is 5.02 Å². The lowest BCUT2D eigenvalue weighted by atomic mass is 10.0. The molecule has 0 radical (unpaired) electrons. The normalized spacial score (nSPS) is 11.7. The van der Waals surface area contributed by atoms with Gasteiger partial charge < -0.3 is 15.2 Å². The fraction of sp³-hybridized carbons (Fsp3) is 0.278. The van der Waals surface area contributed by atoms with E-state index in [1.165, 1.54) is 6.07 Å². The number of aromatic nitrogens is 3. The minimum atomic E-state index is -0.344. The van der Waals surface area contributed by atoms with E-state index >= 15 is 0 Å². The Morgan fingerprint density at radius 3 is 2.72 bits per heavy atom. The van der Waals surface area contributed by atoms with Crippen molar-refractivity contribution in [2.24, 2.45) is 0 Å². The highest BCUT2D eigenvalue weighted by molar-refractivity contribution is 6.30.